The second kappa shape index (κ2) is 16.2. The Bertz CT molecular complexity index is 901. The molecule has 1 atom stereocenters. The molecule has 0 spiro atoms. The van der Waals surface area contributed by atoms with Crippen LogP contribution < -0.4 is 10.2 Å². The number of unbranched alkanes of at least 4 members (excludes halogenated alkanes) is 6. The fraction of sp³-hybridized carbons (Fsp3) is 0.517. The third-order valence-corrected chi connectivity index (χ3v) is 7.14. The van der Waals surface area contributed by atoms with Gasteiger partial charge in [0.05, 0.1) is 5.92 Å². The Labute approximate surface area is 215 Å². The number of rotatable bonds is 16. The number of nitrogens with zero attached hydrogens (tertiary/aromatic N) is 1. The maximum Gasteiger partial charge on any atom is 0.321 e. The number of amides is 2. The van der Waals surface area contributed by atoms with Gasteiger partial charge in [-0.15, -0.1) is 0 Å². The van der Waals surface area contributed by atoms with Crippen LogP contribution in [0.3, 0.4) is 0 Å². The van der Waals surface area contributed by atoms with E-state index in [1.165, 1.54) is 19.3 Å². The second-order valence-electron chi connectivity index (χ2n) is 8.97. The summed E-state index contributed by atoms with van der Waals surface area (Å²) < 4.78 is 0. The first-order valence-corrected chi connectivity index (χ1v) is 14.0. The van der Waals surface area contributed by atoms with Crippen molar-refractivity contribution in [1.82, 2.24) is 5.32 Å². The topological polar surface area (TPSA) is 69.6 Å². The van der Waals surface area contributed by atoms with Crippen molar-refractivity contribution in [1.29, 1.82) is 0 Å². The standard InChI is InChI=1S/C29H42N2O3S/c1-4-7-9-10-12-21-31(29(34)30-20-11-8-5-2)24-14-13-15-26(22-24)35-25-18-16-23(17-19-25)27(6-3)28(32)33/h13-19,22,27H,4-12,20-21H2,1-3H3,(H,30,34)(H,32,33). The lowest BCUT2D eigenvalue weighted by atomic mass is 9.97. The van der Waals surface area contributed by atoms with Gasteiger partial charge in [-0.2, -0.15) is 0 Å². The van der Waals surface area contributed by atoms with E-state index in [-0.39, 0.29) is 6.03 Å². The highest BCUT2D eigenvalue weighted by molar-refractivity contribution is 7.99. The summed E-state index contributed by atoms with van der Waals surface area (Å²) in [6.45, 7) is 7.67. The van der Waals surface area contributed by atoms with Crippen LogP contribution in [0.25, 0.3) is 0 Å². The summed E-state index contributed by atoms with van der Waals surface area (Å²) in [6, 6.07) is 15.9. The molecule has 0 fully saturated rings. The van der Waals surface area contributed by atoms with E-state index in [0.29, 0.717) is 19.5 Å². The van der Waals surface area contributed by atoms with E-state index in [9.17, 15) is 14.7 Å². The van der Waals surface area contributed by atoms with Crippen LogP contribution in [0.1, 0.15) is 90.0 Å². The van der Waals surface area contributed by atoms with Crippen LogP contribution in [-0.2, 0) is 4.79 Å². The van der Waals surface area contributed by atoms with E-state index >= 15 is 0 Å². The number of nitrogens with one attached hydrogen (secondary N) is 1. The molecule has 2 N–H and O–H groups in total. The summed E-state index contributed by atoms with van der Waals surface area (Å²) in [5, 5.41) is 12.5. The number of carboxylic acids is 1. The molecule has 0 aliphatic rings. The van der Waals surface area contributed by atoms with Crippen LogP contribution in [0.2, 0.25) is 0 Å². The highest BCUT2D eigenvalue weighted by Crippen LogP contribution is 2.32. The van der Waals surface area contributed by atoms with Crippen molar-refractivity contribution < 1.29 is 14.7 Å². The number of carboxylic acid groups (broad SMARTS) is 1. The molecule has 5 nitrogen and oxygen atoms in total. The number of hydrogen-bond acceptors (Lipinski definition) is 3. The molecule has 35 heavy (non-hydrogen) atoms. The van der Waals surface area contributed by atoms with Crippen molar-refractivity contribution in [2.75, 3.05) is 18.0 Å². The molecule has 0 aliphatic heterocycles. The molecule has 0 radical (unpaired) electrons. The van der Waals surface area contributed by atoms with E-state index in [1.807, 2.05) is 54.3 Å². The molecule has 0 saturated carbocycles. The molecule has 0 bridgehead atoms. The monoisotopic (exact) mass is 498 g/mol. The van der Waals surface area contributed by atoms with Gasteiger partial charge in [0.2, 0.25) is 0 Å². The normalized spacial score (nSPS) is 11.7. The average molecular weight is 499 g/mol. The summed E-state index contributed by atoms with van der Waals surface area (Å²) >= 11 is 1.62. The number of aliphatic carboxylic acids is 1. The quantitative estimate of drug-likeness (QED) is 0.229. The van der Waals surface area contributed by atoms with Gasteiger partial charge >= 0.3 is 12.0 Å². The zero-order valence-corrected chi connectivity index (χ0v) is 22.4. The molecule has 2 aromatic rings. The zero-order chi connectivity index (χ0) is 25.5. The molecule has 0 saturated heterocycles. The molecule has 0 aliphatic carbocycles. The lowest BCUT2D eigenvalue weighted by Gasteiger charge is -2.24. The largest absolute Gasteiger partial charge is 0.481 e. The van der Waals surface area contributed by atoms with Crippen molar-refractivity contribution in [3.05, 3.63) is 54.1 Å². The molecule has 6 heteroatoms. The van der Waals surface area contributed by atoms with Crippen molar-refractivity contribution in [2.45, 2.75) is 94.3 Å². The van der Waals surface area contributed by atoms with Gasteiger partial charge in [-0.3, -0.25) is 9.69 Å². The zero-order valence-electron chi connectivity index (χ0n) is 21.6. The van der Waals surface area contributed by atoms with Crippen LogP contribution in [0.15, 0.2) is 58.3 Å². The minimum absolute atomic E-state index is 0.0256. The second-order valence-corrected chi connectivity index (χ2v) is 10.1. The van der Waals surface area contributed by atoms with E-state index in [2.05, 4.69) is 25.2 Å². The third kappa shape index (κ3) is 9.96. The van der Waals surface area contributed by atoms with Crippen LogP contribution in [-0.4, -0.2) is 30.2 Å². The first-order chi connectivity index (χ1) is 17.0. The van der Waals surface area contributed by atoms with Gasteiger partial charge in [-0.05, 0) is 55.2 Å². The Morgan fingerprint density at radius 3 is 2.23 bits per heavy atom. The molecule has 2 amide bonds. The Morgan fingerprint density at radius 1 is 0.886 bits per heavy atom. The van der Waals surface area contributed by atoms with Crippen LogP contribution in [0.4, 0.5) is 10.5 Å². The molecule has 0 heterocycles. The fourth-order valence-corrected chi connectivity index (χ4v) is 4.93. The fourth-order valence-electron chi connectivity index (χ4n) is 4.06. The number of carbonyl (C=O) groups excluding carboxylic acids is 1. The Kier molecular flexibility index (Phi) is 13.4. The number of urea groups is 1. The third-order valence-electron chi connectivity index (χ3n) is 6.14. The van der Waals surface area contributed by atoms with Gasteiger partial charge in [0.25, 0.3) is 0 Å². The molecular formula is C29H42N2O3S. The number of hydrogen-bond donors (Lipinski definition) is 2. The Morgan fingerprint density at radius 2 is 1.57 bits per heavy atom. The minimum Gasteiger partial charge on any atom is -0.481 e. The highest BCUT2D eigenvalue weighted by atomic mass is 32.2. The van der Waals surface area contributed by atoms with Crippen molar-refractivity contribution in [3.63, 3.8) is 0 Å². The van der Waals surface area contributed by atoms with E-state index in [4.69, 9.17) is 0 Å². The Balaban J connectivity index is 2.11. The van der Waals surface area contributed by atoms with Gasteiger partial charge in [-0.1, -0.05) is 89.3 Å². The molecule has 0 aromatic heterocycles. The molecule has 192 valence electrons. The molecular weight excluding hydrogens is 456 g/mol. The maximum absolute atomic E-state index is 13.0. The lowest BCUT2D eigenvalue weighted by Crippen LogP contribution is -2.41. The number of benzene rings is 2. The Hall–Kier alpha value is -2.47. The highest BCUT2D eigenvalue weighted by Gasteiger charge is 2.18. The van der Waals surface area contributed by atoms with Crippen LogP contribution in [0, 0.1) is 0 Å². The maximum atomic E-state index is 13.0. The summed E-state index contributed by atoms with van der Waals surface area (Å²) in [7, 11) is 0. The predicted molar refractivity (Wildman–Crippen MR) is 147 cm³/mol. The summed E-state index contributed by atoms with van der Waals surface area (Å²) in [5.41, 5.74) is 1.74. The predicted octanol–water partition coefficient (Wildman–Crippen LogP) is 8.09. The lowest BCUT2D eigenvalue weighted by molar-refractivity contribution is -0.138. The van der Waals surface area contributed by atoms with Gasteiger partial charge < -0.3 is 10.4 Å². The van der Waals surface area contributed by atoms with Crippen molar-refractivity contribution in [2.24, 2.45) is 0 Å². The summed E-state index contributed by atoms with van der Waals surface area (Å²) in [5.74, 6) is -1.26. The average Bonchev–Trinajstić information content (AvgIpc) is 2.85. The smallest absolute Gasteiger partial charge is 0.321 e. The van der Waals surface area contributed by atoms with Crippen LogP contribution >= 0.6 is 11.8 Å². The molecule has 2 aromatic carbocycles. The van der Waals surface area contributed by atoms with Gasteiger partial charge in [0.15, 0.2) is 0 Å². The van der Waals surface area contributed by atoms with Gasteiger partial charge in [-0.25, -0.2) is 4.79 Å². The first-order valence-electron chi connectivity index (χ1n) is 13.2. The van der Waals surface area contributed by atoms with Crippen molar-refractivity contribution in [3.8, 4) is 0 Å². The van der Waals surface area contributed by atoms with Crippen LogP contribution in [0.5, 0.6) is 0 Å². The van der Waals surface area contributed by atoms with Gasteiger partial charge in [0.1, 0.15) is 0 Å². The molecule has 1 unspecified atom stereocenters. The SMILES string of the molecule is CCCCCCCN(C(=O)NCCCCC)c1cccc(Sc2ccc(C(CC)C(=O)O)cc2)c1. The van der Waals surface area contributed by atoms with E-state index < -0.39 is 11.9 Å². The first kappa shape index (κ1) is 28.8. The minimum atomic E-state index is -0.789. The molecule has 2 rings (SSSR count). The number of anilines is 1. The summed E-state index contributed by atoms with van der Waals surface area (Å²) in [4.78, 5) is 28.5. The number of carbonyl (C=O) groups is 2. The van der Waals surface area contributed by atoms with E-state index in [1.54, 1.807) is 11.8 Å². The summed E-state index contributed by atoms with van der Waals surface area (Å²) in [6.07, 6.45) is 9.58. The van der Waals surface area contributed by atoms with E-state index in [0.717, 1.165) is 53.1 Å². The van der Waals surface area contributed by atoms with Gasteiger partial charge in [0, 0.05) is 28.6 Å². The van der Waals surface area contributed by atoms with Crippen molar-refractivity contribution >= 4 is 29.4 Å².